The van der Waals surface area contributed by atoms with Gasteiger partial charge in [-0.05, 0) is 17.9 Å². The minimum atomic E-state index is -0.782. The van der Waals surface area contributed by atoms with Crippen molar-refractivity contribution >= 4 is 8.07 Å². The van der Waals surface area contributed by atoms with Crippen LogP contribution in [0.3, 0.4) is 0 Å². The molecule has 66 valence electrons. The summed E-state index contributed by atoms with van der Waals surface area (Å²) < 4.78 is 0. The van der Waals surface area contributed by atoms with Gasteiger partial charge in [0.1, 0.15) is 0 Å². The number of hydrogen-bond acceptors (Lipinski definition) is 0. The summed E-state index contributed by atoms with van der Waals surface area (Å²) in [4.78, 5) is 0. The fourth-order valence-electron chi connectivity index (χ4n) is 2.23. The Morgan fingerprint density at radius 3 is 2.09 bits per heavy atom. The van der Waals surface area contributed by atoms with E-state index in [1.165, 1.54) is 19.3 Å². The largest absolute Gasteiger partial charge is 0.0693 e. The Kier molecular flexibility index (Phi) is 2.79. The Balaban J connectivity index is 2.42. The molecule has 1 saturated carbocycles. The lowest BCUT2D eigenvalue weighted by atomic mass is 10.1. The molecule has 1 rings (SSSR count). The second-order valence-corrected chi connectivity index (χ2v) is 10.7. The maximum atomic E-state index is 2.52. The third kappa shape index (κ3) is 2.33. The maximum Gasteiger partial charge on any atom is 0.0473 e. The molecule has 0 bridgehead atoms. The molecule has 1 aliphatic carbocycles. The molecule has 0 N–H and O–H groups in total. The van der Waals surface area contributed by atoms with Gasteiger partial charge < -0.3 is 0 Å². The van der Waals surface area contributed by atoms with Crippen LogP contribution in [-0.2, 0) is 0 Å². The van der Waals surface area contributed by atoms with E-state index in [-0.39, 0.29) is 0 Å². The van der Waals surface area contributed by atoms with E-state index in [0.717, 1.165) is 11.5 Å². The van der Waals surface area contributed by atoms with Crippen LogP contribution >= 0.6 is 0 Å². The van der Waals surface area contributed by atoms with Crippen LogP contribution in [0, 0.1) is 5.92 Å². The molecular formula is C10H22Si. The van der Waals surface area contributed by atoms with Crippen molar-refractivity contribution in [2.45, 2.75) is 57.8 Å². The molecule has 0 aromatic rings. The van der Waals surface area contributed by atoms with E-state index in [1.807, 2.05) is 0 Å². The zero-order valence-electron chi connectivity index (χ0n) is 8.48. The lowest BCUT2D eigenvalue weighted by Gasteiger charge is -2.24. The highest BCUT2D eigenvalue weighted by Crippen LogP contribution is 2.42. The minimum absolute atomic E-state index is 0.782. The first-order valence-corrected chi connectivity index (χ1v) is 8.61. The second kappa shape index (κ2) is 3.30. The zero-order valence-corrected chi connectivity index (χ0v) is 9.48. The van der Waals surface area contributed by atoms with E-state index in [9.17, 15) is 0 Å². The third-order valence-corrected chi connectivity index (χ3v) is 6.32. The quantitative estimate of drug-likeness (QED) is 0.551. The topological polar surface area (TPSA) is 0 Å². The van der Waals surface area contributed by atoms with E-state index in [0.29, 0.717) is 0 Å². The maximum absolute atomic E-state index is 2.52. The average Bonchev–Trinajstić information content (AvgIpc) is 2.32. The van der Waals surface area contributed by atoms with Crippen molar-refractivity contribution in [1.82, 2.24) is 0 Å². The highest BCUT2D eigenvalue weighted by molar-refractivity contribution is 6.77. The van der Waals surface area contributed by atoms with Gasteiger partial charge in [0.05, 0.1) is 0 Å². The molecule has 11 heavy (non-hydrogen) atoms. The first-order chi connectivity index (χ1) is 5.04. The van der Waals surface area contributed by atoms with Gasteiger partial charge in [0.25, 0.3) is 0 Å². The summed E-state index contributed by atoms with van der Waals surface area (Å²) in [5.41, 5.74) is 1.13. The highest BCUT2D eigenvalue weighted by atomic mass is 28.3. The summed E-state index contributed by atoms with van der Waals surface area (Å²) in [6.07, 6.45) is 6.02. The van der Waals surface area contributed by atoms with Gasteiger partial charge in [-0.2, -0.15) is 0 Å². The molecule has 0 nitrogen and oxygen atoms in total. The Morgan fingerprint density at radius 2 is 1.82 bits per heavy atom. The second-order valence-electron chi connectivity index (χ2n) is 5.15. The molecule has 0 aromatic carbocycles. The normalized spacial score (nSPS) is 32.7. The van der Waals surface area contributed by atoms with E-state index >= 15 is 0 Å². The van der Waals surface area contributed by atoms with Crippen LogP contribution in [0.25, 0.3) is 0 Å². The average molecular weight is 170 g/mol. The van der Waals surface area contributed by atoms with E-state index in [1.54, 1.807) is 6.42 Å². The molecule has 0 aromatic heterocycles. The standard InChI is InChI=1S/C10H22Si/c1-5-9-6-7-10(8-9)11(2,3)4/h9-10H,5-8H2,1-4H3. The summed E-state index contributed by atoms with van der Waals surface area (Å²) in [5.74, 6) is 1.08. The van der Waals surface area contributed by atoms with Crippen LogP contribution in [0.5, 0.6) is 0 Å². The van der Waals surface area contributed by atoms with Crippen LogP contribution in [0.4, 0.5) is 0 Å². The van der Waals surface area contributed by atoms with Crippen molar-refractivity contribution in [3.8, 4) is 0 Å². The van der Waals surface area contributed by atoms with Crippen molar-refractivity contribution in [1.29, 1.82) is 0 Å². The molecule has 0 heterocycles. The Morgan fingerprint density at radius 1 is 1.18 bits per heavy atom. The molecule has 0 aliphatic heterocycles. The van der Waals surface area contributed by atoms with Crippen molar-refractivity contribution in [2.75, 3.05) is 0 Å². The summed E-state index contributed by atoms with van der Waals surface area (Å²) in [6, 6.07) is 0. The van der Waals surface area contributed by atoms with E-state index in [4.69, 9.17) is 0 Å². The van der Waals surface area contributed by atoms with Gasteiger partial charge in [-0.15, -0.1) is 0 Å². The zero-order chi connectivity index (χ0) is 8.48. The van der Waals surface area contributed by atoms with Crippen LogP contribution in [0.2, 0.25) is 25.2 Å². The van der Waals surface area contributed by atoms with Gasteiger partial charge in [0, 0.05) is 8.07 Å². The summed E-state index contributed by atoms with van der Waals surface area (Å²) in [7, 11) is -0.782. The van der Waals surface area contributed by atoms with Crippen molar-refractivity contribution in [3.63, 3.8) is 0 Å². The van der Waals surface area contributed by atoms with Gasteiger partial charge in [-0.1, -0.05) is 45.8 Å². The Labute approximate surface area is 72.4 Å². The van der Waals surface area contributed by atoms with Crippen molar-refractivity contribution in [2.24, 2.45) is 5.92 Å². The predicted molar refractivity (Wildman–Crippen MR) is 54.7 cm³/mol. The Hall–Kier alpha value is 0.217. The van der Waals surface area contributed by atoms with Crippen LogP contribution < -0.4 is 0 Å². The molecule has 1 fully saturated rings. The Bertz CT molecular complexity index is 123. The van der Waals surface area contributed by atoms with Gasteiger partial charge in [0.15, 0.2) is 0 Å². The molecule has 1 aliphatic rings. The first kappa shape index (κ1) is 9.31. The molecule has 0 saturated heterocycles. The SMILES string of the molecule is CCC1CCC([Si](C)(C)C)C1. The predicted octanol–water partition coefficient (Wildman–Crippen LogP) is 3.90. The molecule has 0 spiro atoms. The van der Waals surface area contributed by atoms with Gasteiger partial charge in [-0.3, -0.25) is 0 Å². The van der Waals surface area contributed by atoms with Crippen LogP contribution in [0.15, 0.2) is 0 Å². The van der Waals surface area contributed by atoms with E-state index < -0.39 is 8.07 Å². The lowest BCUT2D eigenvalue weighted by Crippen LogP contribution is -2.26. The lowest BCUT2D eigenvalue weighted by molar-refractivity contribution is 0.529. The molecule has 0 radical (unpaired) electrons. The fourth-order valence-corrected chi connectivity index (χ4v) is 4.31. The van der Waals surface area contributed by atoms with Crippen molar-refractivity contribution < 1.29 is 0 Å². The van der Waals surface area contributed by atoms with Gasteiger partial charge in [-0.25, -0.2) is 0 Å². The van der Waals surface area contributed by atoms with Crippen molar-refractivity contribution in [3.05, 3.63) is 0 Å². The van der Waals surface area contributed by atoms with Crippen LogP contribution in [0.1, 0.15) is 32.6 Å². The minimum Gasteiger partial charge on any atom is -0.0693 e. The molecule has 0 amide bonds. The monoisotopic (exact) mass is 170 g/mol. The fraction of sp³-hybridized carbons (Fsp3) is 1.00. The molecular weight excluding hydrogens is 148 g/mol. The smallest absolute Gasteiger partial charge is 0.0473 e. The third-order valence-electron chi connectivity index (χ3n) is 3.34. The molecule has 2 atom stereocenters. The summed E-state index contributed by atoms with van der Waals surface area (Å²) >= 11 is 0. The summed E-state index contributed by atoms with van der Waals surface area (Å²) in [6.45, 7) is 9.92. The summed E-state index contributed by atoms with van der Waals surface area (Å²) in [5, 5.41) is 0. The first-order valence-electron chi connectivity index (χ1n) is 5.04. The van der Waals surface area contributed by atoms with Crippen LogP contribution in [-0.4, -0.2) is 8.07 Å². The number of hydrogen-bond donors (Lipinski definition) is 0. The highest BCUT2D eigenvalue weighted by Gasteiger charge is 2.33. The van der Waals surface area contributed by atoms with Gasteiger partial charge in [0.2, 0.25) is 0 Å². The van der Waals surface area contributed by atoms with E-state index in [2.05, 4.69) is 26.6 Å². The molecule has 1 heteroatoms. The molecule has 2 unspecified atom stereocenters. The van der Waals surface area contributed by atoms with Gasteiger partial charge >= 0.3 is 0 Å². The number of rotatable bonds is 2.